The number of alkyl halides is 3. The van der Waals surface area contributed by atoms with Gasteiger partial charge in [0.25, 0.3) is 0 Å². The molecule has 4 heterocycles. The average Bonchev–Trinajstić information content (AvgIpc) is 3.52. The molecule has 1 amide bonds. The molecule has 0 unspecified atom stereocenters. The minimum absolute atomic E-state index is 0.0276. The summed E-state index contributed by atoms with van der Waals surface area (Å²) in [5.41, 5.74) is 0.383. The van der Waals surface area contributed by atoms with Crippen LogP contribution in [0.15, 0.2) is 54.9 Å². The van der Waals surface area contributed by atoms with Crippen LogP contribution in [0.5, 0.6) is 0 Å². The minimum Gasteiger partial charge on any atom is -0.441 e. The van der Waals surface area contributed by atoms with Crippen molar-refractivity contribution in [3.05, 3.63) is 60.4 Å². The van der Waals surface area contributed by atoms with Gasteiger partial charge < -0.3 is 14.2 Å². The van der Waals surface area contributed by atoms with Gasteiger partial charge in [-0.2, -0.15) is 13.2 Å². The number of carbonyl (C=O) groups excluding carboxylic acids is 1. The third-order valence-electron chi connectivity index (χ3n) is 5.45. The van der Waals surface area contributed by atoms with Gasteiger partial charge in [-0.05, 0) is 30.3 Å². The lowest BCUT2D eigenvalue weighted by molar-refractivity contribution is -0.137. The third kappa shape index (κ3) is 4.39. The van der Waals surface area contributed by atoms with E-state index < -0.39 is 36.1 Å². The van der Waals surface area contributed by atoms with Crippen LogP contribution in [-0.2, 0) is 20.4 Å². The molecule has 0 spiro atoms. The van der Waals surface area contributed by atoms with E-state index in [0.717, 1.165) is 12.1 Å². The van der Waals surface area contributed by atoms with Crippen LogP contribution in [0.3, 0.4) is 0 Å². The Morgan fingerprint density at radius 1 is 1.09 bits per heavy atom. The summed E-state index contributed by atoms with van der Waals surface area (Å²) in [6.45, 7) is 0.360. The van der Waals surface area contributed by atoms with Gasteiger partial charge in [0.1, 0.15) is 23.9 Å². The Labute approximate surface area is 185 Å². The van der Waals surface area contributed by atoms with Gasteiger partial charge in [-0.25, -0.2) is 9.48 Å². The summed E-state index contributed by atoms with van der Waals surface area (Å²) in [6, 6.07) is 9.50. The molecule has 3 aromatic rings. The molecular formula is C21H18F3N5O4. The summed E-state index contributed by atoms with van der Waals surface area (Å²) in [5, 5.41) is 10.6. The van der Waals surface area contributed by atoms with Crippen molar-refractivity contribution in [1.82, 2.24) is 20.0 Å². The summed E-state index contributed by atoms with van der Waals surface area (Å²) in [4.78, 5) is 16.5. The Morgan fingerprint density at radius 2 is 1.94 bits per heavy atom. The van der Waals surface area contributed by atoms with Crippen molar-refractivity contribution in [1.29, 1.82) is 0 Å². The maximum Gasteiger partial charge on any atom is 0.416 e. The van der Waals surface area contributed by atoms with Crippen molar-refractivity contribution in [2.45, 2.75) is 30.5 Å². The van der Waals surface area contributed by atoms with E-state index in [2.05, 4.69) is 20.6 Å². The number of hydrogen-bond acceptors (Lipinski definition) is 7. The van der Waals surface area contributed by atoms with Crippen LogP contribution in [0.4, 0.5) is 23.7 Å². The summed E-state index contributed by atoms with van der Waals surface area (Å²) < 4.78 is 57.2. The molecule has 2 saturated heterocycles. The molecule has 5 rings (SSSR count). The molecule has 1 N–H and O–H groups in total. The molecule has 4 atom stereocenters. The highest BCUT2D eigenvalue weighted by molar-refractivity contribution is 5.84. The first-order valence-electron chi connectivity index (χ1n) is 10.1. The molecule has 9 nitrogen and oxygen atoms in total. The first-order chi connectivity index (χ1) is 15.9. The van der Waals surface area contributed by atoms with Gasteiger partial charge in [0, 0.05) is 11.9 Å². The molecule has 2 aliphatic rings. The second-order valence-electron chi connectivity index (χ2n) is 7.61. The number of pyridine rings is 1. The Kier molecular flexibility index (Phi) is 5.46. The van der Waals surface area contributed by atoms with Crippen LogP contribution in [0.25, 0.3) is 11.4 Å². The highest BCUT2D eigenvalue weighted by Gasteiger charge is 2.50. The number of rotatable bonds is 4. The molecule has 2 fully saturated rings. The predicted molar refractivity (Wildman–Crippen MR) is 107 cm³/mol. The first-order valence-corrected chi connectivity index (χ1v) is 10.1. The van der Waals surface area contributed by atoms with E-state index >= 15 is 0 Å². The Balaban J connectivity index is 1.21. The van der Waals surface area contributed by atoms with E-state index in [1.807, 2.05) is 12.1 Å². The number of aromatic nitrogens is 4. The number of amides is 1. The van der Waals surface area contributed by atoms with Crippen LogP contribution in [0.2, 0.25) is 0 Å². The van der Waals surface area contributed by atoms with Crippen molar-refractivity contribution >= 4 is 11.8 Å². The topological polar surface area (TPSA) is 100 Å². The Morgan fingerprint density at radius 3 is 2.73 bits per heavy atom. The monoisotopic (exact) mass is 461 g/mol. The molecule has 0 bridgehead atoms. The highest BCUT2D eigenvalue weighted by atomic mass is 19.4. The number of carbonyl (C=O) groups is 1. The van der Waals surface area contributed by atoms with Crippen LogP contribution in [0, 0.1) is 0 Å². The summed E-state index contributed by atoms with van der Waals surface area (Å²) in [5.74, 6) is 0. The quantitative estimate of drug-likeness (QED) is 0.636. The van der Waals surface area contributed by atoms with E-state index in [9.17, 15) is 18.0 Å². The number of halogens is 3. The van der Waals surface area contributed by atoms with Crippen LogP contribution in [-0.4, -0.2) is 57.6 Å². The minimum atomic E-state index is -4.52. The van der Waals surface area contributed by atoms with Gasteiger partial charge in [-0.3, -0.25) is 10.3 Å². The molecule has 33 heavy (non-hydrogen) atoms. The first kappa shape index (κ1) is 21.3. The fourth-order valence-electron chi connectivity index (χ4n) is 3.90. The van der Waals surface area contributed by atoms with Gasteiger partial charge in [0.2, 0.25) is 0 Å². The zero-order chi connectivity index (χ0) is 23.0. The van der Waals surface area contributed by atoms with Gasteiger partial charge in [-0.15, -0.1) is 5.10 Å². The molecule has 12 heteroatoms. The Bertz CT molecular complexity index is 1140. The zero-order valence-electron chi connectivity index (χ0n) is 17.0. The number of benzene rings is 1. The smallest absolute Gasteiger partial charge is 0.416 e. The molecular weight excluding hydrogens is 443 g/mol. The molecule has 1 aromatic carbocycles. The van der Waals surface area contributed by atoms with E-state index in [1.54, 1.807) is 23.1 Å². The van der Waals surface area contributed by atoms with E-state index in [-0.39, 0.29) is 24.9 Å². The van der Waals surface area contributed by atoms with E-state index in [0.29, 0.717) is 11.4 Å². The van der Waals surface area contributed by atoms with Crippen molar-refractivity contribution in [2.24, 2.45) is 0 Å². The second-order valence-corrected chi connectivity index (χ2v) is 7.61. The Hall–Kier alpha value is -3.51. The third-order valence-corrected chi connectivity index (χ3v) is 5.45. The van der Waals surface area contributed by atoms with Crippen molar-refractivity contribution in [3.8, 4) is 11.4 Å². The number of fused-ring (bicyclic) bond motifs is 1. The van der Waals surface area contributed by atoms with E-state index in [4.69, 9.17) is 14.2 Å². The van der Waals surface area contributed by atoms with Crippen molar-refractivity contribution in [2.75, 3.05) is 18.5 Å². The lowest BCUT2D eigenvalue weighted by Crippen LogP contribution is -2.34. The predicted octanol–water partition coefficient (Wildman–Crippen LogP) is 3.31. The maximum atomic E-state index is 12.9. The fourth-order valence-corrected chi connectivity index (χ4v) is 3.90. The van der Waals surface area contributed by atoms with Crippen LogP contribution >= 0.6 is 0 Å². The number of ether oxygens (including phenoxy) is 3. The largest absolute Gasteiger partial charge is 0.441 e. The zero-order valence-corrected chi connectivity index (χ0v) is 17.0. The van der Waals surface area contributed by atoms with Gasteiger partial charge >= 0.3 is 12.3 Å². The normalized spacial score (nSPS) is 24.5. The standard InChI is InChI=1S/C21H18F3N5O4/c22-21(23,24)12-4-3-5-13(8-12)26-20(30)33-17-11-32-18-16(10-31-19(17)18)29-9-15(27-28-29)14-6-1-2-7-25-14/h1-9,16-19H,10-11H2,(H,26,30)/t16-,17-,18-,19+/m1/s1. The molecule has 0 radical (unpaired) electrons. The van der Waals surface area contributed by atoms with Gasteiger partial charge in [0.15, 0.2) is 6.10 Å². The number of anilines is 1. The number of nitrogens with zero attached hydrogens (tertiary/aromatic N) is 4. The lowest BCUT2D eigenvalue weighted by Gasteiger charge is -2.17. The van der Waals surface area contributed by atoms with Crippen molar-refractivity contribution in [3.63, 3.8) is 0 Å². The molecule has 2 aromatic heterocycles. The summed E-state index contributed by atoms with van der Waals surface area (Å²) in [7, 11) is 0. The molecule has 0 saturated carbocycles. The second kappa shape index (κ2) is 8.45. The number of nitrogens with one attached hydrogen (secondary N) is 1. The molecule has 172 valence electrons. The van der Waals surface area contributed by atoms with Gasteiger partial charge in [0.05, 0.1) is 30.7 Å². The van der Waals surface area contributed by atoms with Crippen LogP contribution < -0.4 is 5.32 Å². The van der Waals surface area contributed by atoms with E-state index in [1.165, 1.54) is 12.1 Å². The maximum absolute atomic E-state index is 12.9. The molecule has 2 aliphatic heterocycles. The summed E-state index contributed by atoms with van der Waals surface area (Å²) in [6.07, 6.45) is -3.68. The average molecular weight is 461 g/mol. The highest BCUT2D eigenvalue weighted by Crippen LogP contribution is 2.36. The van der Waals surface area contributed by atoms with Crippen molar-refractivity contribution < 1.29 is 32.2 Å². The SMILES string of the molecule is O=C(Nc1cccc(C(F)(F)F)c1)O[C@@H]1CO[C@H]2[C@H]1OC[C@H]2n1cc(-c2ccccn2)nn1. The van der Waals surface area contributed by atoms with Crippen LogP contribution in [0.1, 0.15) is 11.6 Å². The molecule has 0 aliphatic carbocycles. The lowest BCUT2D eigenvalue weighted by atomic mass is 10.1. The van der Waals surface area contributed by atoms with Gasteiger partial charge in [-0.1, -0.05) is 17.3 Å². The number of hydrogen-bond donors (Lipinski definition) is 1. The fraction of sp³-hybridized carbons (Fsp3) is 0.333. The summed E-state index contributed by atoms with van der Waals surface area (Å²) >= 11 is 0.